The molecule has 4 N–H and O–H groups in total. The minimum Gasteiger partial charge on any atom is -0.463 e. The van der Waals surface area contributed by atoms with Crippen LogP contribution < -0.4 is 0 Å². The van der Waals surface area contributed by atoms with Gasteiger partial charge in [0.05, 0.1) is 26.4 Å². The Bertz CT molecular complexity index is 2620. The van der Waals surface area contributed by atoms with E-state index < -0.39 is 91.5 Å². The number of hydrogen-bond acceptors (Lipinski definition) is 14. The minimum absolute atomic E-state index is 0.0741. The molecular weight excluding hydrogens is 1390 g/mol. The summed E-state index contributed by atoms with van der Waals surface area (Å²) >= 11 is 0. The standard InChI is InChI=1S/C89H148O16P2/c1-4-7-10-13-16-19-22-25-28-30-32-34-35-36-37-38-39-40-41-42-43-44-45-46-47-49-51-52-55-57-60-63-66-69-72-75-87(92)99-78-84(90)79-101-106(95,96)102-80-85(91)81-103-107(97,98)104-83-86(105-89(94)77-74-71-68-65-62-59-54-27-24-21-18-15-12-9-6-3)82-100-88(93)76-73-70-67-64-61-58-56-53-50-48-33-31-29-26-23-20-17-14-11-8-5-2/h7-8,10-11,16-21,25-29,32-34,36-37,39-40,48,53-54,56,61,64,84-86,90-91H,4-6,9,12-15,22-24,30-31,35,38,41-47,49-52,55,57-60,62-63,65-83H2,1-3H3,(H,95,96)(H,97,98)/b10-7-,11-8-,19-16-,20-17-,21-18-,28-25-,29-26-,34-32-,37-36-,40-39-,48-33-,54-27-,56-53-,64-61-. The van der Waals surface area contributed by atoms with E-state index in [0.29, 0.717) is 19.3 Å². The van der Waals surface area contributed by atoms with E-state index in [1.54, 1.807) is 0 Å². The second-order valence-electron chi connectivity index (χ2n) is 27.2. The van der Waals surface area contributed by atoms with Crippen LogP contribution in [0.3, 0.4) is 0 Å². The molecule has 18 heteroatoms. The van der Waals surface area contributed by atoms with Crippen molar-refractivity contribution in [3.8, 4) is 0 Å². The van der Waals surface area contributed by atoms with Gasteiger partial charge in [-0.05, 0) is 154 Å². The second-order valence-corrected chi connectivity index (χ2v) is 30.1. The summed E-state index contributed by atoms with van der Waals surface area (Å²) < 4.78 is 61.1. The Morgan fingerprint density at radius 2 is 0.495 bits per heavy atom. The van der Waals surface area contributed by atoms with Crippen molar-refractivity contribution in [2.45, 2.75) is 334 Å². The summed E-state index contributed by atoms with van der Waals surface area (Å²) in [5.74, 6) is -1.65. The predicted octanol–water partition coefficient (Wildman–Crippen LogP) is 24.8. The van der Waals surface area contributed by atoms with Crippen molar-refractivity contribution in [1.29, 1.82) is 0 Å². The largest absolute Gasteiger partial charge is 0.472 e. The van der Waals surface area contributed by atoms with E-state index in [-0.39, 0.29) is 19.3 Å². The van der Waals surface area contributed by atoms with Crippen LogP contribution in [0.1, 0.15) is 316 Å². The number of aliphatic hydroxyl groups excluding tert-OH is 2. The number of rotatable bonds is 77. The van der Waals surface area contributed by atoms with Gasteiger partial charge in [-0.25, -0.2) is 9.13 Å². The molecular formula is C89H148O16P2. The zero-order chi connectivity index (χ0) is 78.0. The number of phosphoric acid groups is 2. The molecule has 5 atom stereocenters. The molecule has 0 spiro atoms. The fourth-order valence-electron chi connectivity index (χ4n) is 10.7. The fraction of sp³-hybridized carbons (Fsp3) is 0.652. The van der Waals surface area contributed by atoms with Crippen molar-refractivity contribution in [2.24, 2.45) is 0 Å². The van der Waals surface area contributed by atoms with Crippen LogP contribution in [-0.4, -0.2) is 95.9 Å². The summed E-state index contributed by atoms with van der Waals surface area (Å²) in [6.07, 6.45) is 103. The van der Waals surface area contributed by atoms with Crippen molar-refractivity contribution in [2.75, 3.05) is 39.6 Å². The van der Waals surface area contributed by atoms with Crippen LogP contribution >= 0.6 is 15.6 Å². The molecule has 0 heterocycles. The lowest BCUT2D eigenvalue weighted by atomic mass is 10.0. The maximum absolute atomic E-state index is 13.0. The number of allylic oxidation sites excluding steroid dienone is 28. The highest BCUT2D eigenvalue weighted by Crippen LogP contribution is 2.45. The maximum Gasteiger partial charge on any atom is 0.472 e. The average molecular weight is 1540 g/mol. The number of carbonyl (C=O) groups excluding carboxylic acids is 3. The lowest BCUT2D eigenvalue weighted by Gasteiger charge is -2.21. The molecule has 5 unspecified atom stereocenters. The summed E-state index contributed by atoms with van der Waals surface area (Å²) in [4.78, 5) is 58.7. The molecule has 0 amide bonds. The second kappa shape index (κ2) is 80.4. The van der Waals surface area contributed by atoms with Crippen LogP contribution in [-0.2, 0) is 55.8 Å². The number of unbranched alkanes of at least 4 members (excludes halogenated alkanes) is 26. The van der Waals surface area contributed by atoms with Crippen molar-refractivity contribution < 1.29 is 75.8 Å². The Hall–Kier alpha value is -5.09. The third kappa shape index (κ3) is 81.7. The Labute approximate surface area is 650 Å². The first kappa shape index (κ1) is 102. The molecule has 610 valence electrons. The molecule has 107 heavy (non-hydrogen) atoms. The van der Waals surface area contributed by atoms with Gasteiger partial charge in [0.25, 0.3) is 0 Å². The Balaban J connectivity index is 4.48. The van der Waals surface area contributed by atoms with Crippen LogP contribution in [0.25, 0.3) is 0 Å². The smallest absolute Gasteiger partial charge is 0.463 e. The van der Waals surface area contributed by atoms with Crippen LogP contribution in [0, 0.1) is 0 Å². The van der Waals surface area contributed by atoms with E-state index in [9.17, 15) is 43.5 Å². The normalized spacial score (nSPS) is 14.8. The van der Waals surface area contributed by atoms with Gasteiger partial charge in [-0.1, -0.05) is 313 Å². The summed E-state index contributed by atoms with van der Waals surface area (Å²) in [5.41, 5.74) is 0. The highest BCUT2D eigenvalue weighted by molar-refractivity contribution is 7.47. The number of phosphoric ester groups is 2. The average Bonchev–Trinajstić information content (AvgIpc) is 0.906. The number of carbonyl (C=O) groups is 3. The summed E-state index contributed by atoms with van der Waals surface area (Å²) in [6, 6.07) is 0. The molecule has 0 saturated carbocycles. The lowest BCUT2D eigenvalue weighted by molar-refractivity contribution is -0.161. The zero-order valence-corrected chi connectivity index (χ0v) is 68.5. The van der Waals surface area contributed by atoms with Gasteiger partial charge in [0.1, 0.15) is 25.4 Å². The predicted molar refractivity (Wildman–Crippen MR) is 445 cm³/mol. The lowest BCUT2D eigenvalue weighted by Crippen LogP contribution is -2.30. The number of esters is 3. The third-order valence-electron chi connectivity index (χ3n) is 16.9. The molecule has 0 aromatic carbocycles. The van der Waals surface area contributed by atoms with Crippen LogP contribution in [0.2, 0.25) is 0 Å². The SMILES string of the molecule is CC/C=C\C/C=C\C/C=C\C/C=C\C/C=C\C/C=C\CCCCCCCCCCCCCCCCCCC(=O)OCC(O)COP(=O)(O)OCC(O)COP(=O)(O)OCC(COC(=O)CCCC/C=C\C/C=C\C/C=C\C/C=C\C/C=C\C/C=C\CC)OC(=O)CCCCCCC/C=C\C/C=C\CCCCC. The zero-order valence-electron chi connectivity index (χ0n) is 66.7. The van der Waals surface area contributed by atoms with Gasteiger partial charge < -0.3 is 34.2 Å². The van der Waals surface area contributed by atoms with E-state index in [2.05, 4.69) is 191 Å². The van der Waals surface area contributed by atoms with Crippen molar-refractivity contribution in [3.63, 3.8) is 0 Å². The molecule has 0 aliphatic carbocycles. The molecule has 0 rings (SSSR count). The number of hydrogen-bond donors (Lipinski definition) is 4. The quantitative estimate of drug-likeness (QED) is 0.0146. The Morgan fingerprint density at radius 1 is 0.271 bits per heavy atom. The first-order valence-electron chi connectivity index (χ1n) is 41.4. The van der Waals surface area contributed by atoms with E-state index in [4.69, 9.17) is 32.3 Å². The van der Waals surface area contributed by atoms with Gasteiger partial charge in [-0.2, -0.15) is 0 Å². The first-order chi connectivity index (χ1) is 52.2. The molecule has 0 radical (unpaired) electrons. The van der Waals surface area contributed by atoms with E-state index in [0.717, 1.165) is 154 Å². The molecule has 0 bridgehead atoms. The summed E-state index contributed by atoms with van der Waals surface area (Å²) in [7, 11) is -9.82. The van der Waals surface area contributed by atoms with Gasteiger partial charge in [-0.15, -0.1) is 0 Å². The van der Waals surface area contributed by atoms with Crippen LogP contribution in [0.4, 0.5) is 0 Å². The topological polar surface area (TPSA) is 231 Å². The molecule has 16 nitrogen and oxygen atoms in total. The Morgan fingerprint density at radius 3 is 0.804 bits per heavy atom. The summed E-state index contributed by atoms with van der Waals surface area (Å²) in [5, 5.41) is 20.7. The third-order valence-corrected chi connectivity index (χ3v) is 18.8. The van der Waals surface area contributed by atoms with Gasteiger partial charge in [0.2, 0.25) is 0 Å². The van der Waals surface area contributed by atoms with Gasteiger partial charge in [0, 0.05) is 19.3 Å². The van der Waals surface area contributed by atoms with Crippen LogP contribution in [0.5, 0.6) is 0 Å². The molecule has 0 aliphatic rings. The van der Waals surface area contributed by atoms with Crippen molar-refractivity contribution in [3.05, 3.63) is 170 Å². The fourth-order valence-corrected chi connectivity index (χ4v) is 12.3. The molecule has 0 fully saturated rings. The van der Waals surface area contributed by atoms with Crippen molar-refractivity contribution in [1.82, 2.24) is 0 Å². The van der Waals surface area contributed by atoms with Gasteiger partial charge in [-0.3, -0.25) is 32.5 Å². The highest BCUT2D eigenvalue weighted by Gasteiger charge is 2.29. The molecule has 0 aromatic rings. The van der Waals surface area contributed by atoms with E-state index in [1.165, 1.54) is 103 Å². The number of aliphatic hydroxyl groups is 2. The monoisotopic (exact) mass is 1540 g/mol. The first-order valence-corrected chi connectivity index (χ1v) is 44.4. The molecule has 0 saturated heterocycles. The van der Waals surface area contributed by atoms with E-state index >= 15 is 0 Å². The summed E-state index contributed by atoms with van der Waals surface area (Å²) in [6.45, 7) is 2.36. The number of ether oxygens (including phenoxy) is 3. The van der Waals surface area contributed by atoms with Crippen molar-refractivity contribution >= 4 is 33.6 Å². The molecule has 0 aromatic heterocycles. The van der Waals surface area contributed by atoms with Crippen LogP contribution in [0.15, 0.2) is 170 Å². The van der Waals surface area contributed by atoms with E-state index in [1.807, 2.05) is 0 Å². The van der Waals surface area contributed by atoms with Gasteiger partial charge in [0.15, 0.2) is 6.10 Å². The maximum atomic E-state index is 13.0. The molecule has 0 aliphatic heterocycles. The minimum atomic E-state index is -4.95. The van der Waals surface area contributed by atoms with Gasteiger partial charge >= 0.3 is 33.6 Å². The Kier molecular flexibility index (Phi) is 76.6. The highest BCUT2D eigenvalue weighted by atomic mass is 31.2.